The van der Waals surface area contributed by atoms with Crippen molar-refractivity contribution < 1.29 is 9.36 Å². The van der Waals surface area contributed by atoms with E-state index < -0.39 is 7.14 Å². The first kappa shape index (κ1) is 24.7. The van der Waals surface area contributed by atoms with E-state index in [2.05, 4.69) is 22.5 Å². The molecule has 5 nitrogen and oxygen atoms in total. The topological polar surface area (TPSA) is 64.0 Å². The van der Waals surface area contributed by atoms with Crippen LogP contribution in [0.2, 0.25) is 0 Å². The van der Waals surface area contributed by atoms with Gasteiger partial charge in [0.15, 0.2) is 0 Å². The Kier molecular flexibility index (Phi) is 7.99. The van der Waals surface area contributed by atoms with E-state index in [1.807, 2.05) is 97.5 Å². The molecule has 0 fully saturated rings. The first-order valence-electron chi connectivity index (χ1n) is 12.1. The summed E-state index contributed by atoms with van der Waals surface area (Å²) in [6, 6.07) is 27.9. The van der Waals surface area contributed by atoms with E-state index in [4.69, 9.17) is 0 Å². The van der Waals surface area contributed by atoms with Gasteiger partial charge in [0.25, 0.3) is 0 Å². The molecular formula is C29H32N3O2P. The van der Waals surface area contributed by atoms with Gasteiger partial charge >= 0.3 is 0 Å². The highest BCUT2D eigenvalue weighted by Gasteiger charge is 2.18. The number of carbonyl (C=O) groups excluding carboxylic acids is 1. The summed E-state index contributed by atoms with van der Waals surface area (Å²) in [5.41, 5.74) is 5.89. The second kappa shape index (κ2) is 11.3. The molecule has 0 radical (unpaired) electrons. The van der Waals surface area contributed by atoms with Crippen LogP contribution in [0.3, 0.4) is 0 Å². The van der Waals surface area contributed by atoms with Gasteiger partial charge in [-0.25, -0.2) is 4.68 Å². The fourth-order valence-corrected chi connectivity index (χ4v) is 5.95. The van der Waals surface area contributed by atoms with Crippen molar-refractivity contribution in [3.05, 3.63) is 102 Å². The van der Waals surface area contributed by atoms with Gasteiger partial charge in [0.2, 0.25) is 5.91 Å². The molecule has 0 saturated carbocycles. The molecular weight excluding hydrogens is 453 g/mol. The minimum Gasteiger partial charge on any atom is -0.326 e. The number of aryl methyl sites for hydroxylation is 1. The summed E-state index contributed by atoms with van der Waals surface area (Å²) in [6.07, 6.45) is 4.83. The fraction of sp³-hybridized carbons (Fsp3) is 0.241. The van der Waals surface area contributed by atoms with Crippen molar-refractivity contribution in [3.63, 3.8) is 0 Å². The van der Waals surface area contributed by atoms with Gasteiger partial charge < -0.3 is 9.88 Å². The van der Waals surface area contributed by atoms with Crippen LogP contribution >= 0.6 is 7.14 Å². The Morgan fingerprint density at radius 3 is 2.14 bits per heavy atom. The normalized spacial score (nSPS) is 11.4. The highest BCUT2D eigenvalue weighted by Crippen LogP contribution is 2.48. The molecule has 0 aliphatic rings. The summed E-state index contributed by atoms with van der Waals surface area (Å²) in [5.74, 6) is -0.0444. The van der Waals surface area contributed by atoms with Crippen LogP contribution in [0.4, 0.5) is 5.69 Å². The molecule has 0 unspecified atom stereocenters. The molecule has 0 aliphatic heterocycles. The number of benzene rings is 3. The Balaban J connectivity index is 1.45. The number of nitrogens with one attached hydrogen (secondary N) is 1. The maximum Gasteiger partial charge on any atom is 0.224 e. The minimum atomic E-state index is -2.14. The van der Waals surface area contributed by atoms with Crippen molar-refractivity contribution in [3.8, 4) is 16.9 Å². The number of anilines is 1. The lowest BCUT2D eigenvalue weighted by atomic mass is 10.0. The quantitative estimate of drug-likeness (QED) is 0.246. The van der Waals surface area contributed by atoms with Crippen LogP contribution in [0, 0.1) is 0 Å². The molecule has 1 aromatic heterocycles. The van der Waals surface area contributed by atoms with Gasteiger partial charge in [-0.15, -0.1) is 0 Å². The maximum absolute atomic E-state index is 12.7. The smallest absolute Gasteiger partial charge is 0.224 e. The largest absolute Gasteiger partial charge is 0.326 e. The maximum atomic E-state index is 12.7. The zero-order valence-electron chi connectivity index (χ0n) is 20.4. The van der Waals surface area contributed by atoms with Crippen molar-refractivity contribution in [1.82, 2.24) is 9.78 Å². The molecule has 1 heterocycles. The summed E-state index contributed by atoms with van der Waals surface area (Å²) in [6.45, 7) is 3.98. The predicted molar refractivity (Wildman–Crippen MR) is 145 cm³/mol. The number of nitrogens with zero attached hydrogens (tertiary/aromatic N) is 2. The van der Waals surface area contributed by atoms with E-state index in [9.17, 15) is 9.36 Å². The third-order valence-corrected chi connectivity index (χ3v) is 9.62. The molecule has 0 bridgehead atoms. The average molecular weight is 486 g/mol. The van der Waals surface area contributed by atoms with E-state index in [0.29, 0.717) is 31.3 Å². The summed E-state index contributed by atoms with van der Waals surface area (Å²) in [7, 11) is -2.14. The zero-order valence-corrected chi connectivity index (χ0v) is 21.2. The number of hydrogen-bond donors (Lipinski definition) is 1. The Bertz CT molecular complexity index is 1290. The minimum absolute atomic E-state index is 0.0444. The Morgan fingerprint density at radius 1 is 0.886 bits per heavy atom. The van der Waals surface area contributed by atoms with Gasteiger partial charge in [0.1, 0.15) is 0 Å². The standard InChI is InChI=1S/C29H32N3O2P/c1-3-35(34,4-2)22-23-15-18-26(19-16-23)31-28(33)20-17-25-21-30-32(27-13-9-6-10-14-27)29(25)24-11-7-5-8-12-24/h5-16,18-19,21H,3-4,17,20,22H2,1-2H3,(H,31,33). The molecule has 4 rings (SSSR count). The van der Waals surface area contributed by atoms with E-state index in [-0.39, 0.29) is 5.91 Å². The Morgan fingerprint density at radius 2 is 1.51 bits per heavy atom. The van der Waals surface area contributed by atoms with Crippen molar-refractivity contribution in [1.29, 1.82) is 0 Å². The number of para-hydroxylation sites is 1. The number of aromatic nitrogens is 2. The van der Waals surface area contributed by atoms with E-state index in [1.54, 1.807) is 0 Å². The third kappa shape index (κ3) is 6.17. The van der Waals surface area contributed by atoms with Crippen LogP contribution in [0.25, 0.3) is 16.9 Å². The molecule has 6 heteroatoms. The van der Waals surface area contributed by atoms with Gasteiger partial charge in [-0.2, -0.15) is 5.10 Å². The summed E-state index contributed by atoms with van der Waals surface area (Å²) >= 11 is 0. The third-order valence-electron chi connectivity index (χ3n) is 6.38. The molecule has 180 valence electrons. The molecule has 0 aliphatic carbocycles. The van der Waals surface area contributed by atoms with Gasteiger partial charge in [0.05, 0.1) is 24.7 Å². The Hall–Kier alpha value is -3.43. The van der Waals surface area contributed by atoms with Crippen LogP contribution in [0.15, 0.2) is 91.1 Å². The van der Waals surface area contributed by atoms with Crippen LogP contribution in [-0.2, 0) is 21.9 Å². The monoisotopic (exact) mass is 485 g/mol. The summed E-state index contributed by atoms with van der Waals surface area (Å²) in [5, 5.41) is 7.63. The van der Waals surface area contributed by atoms with Crippen LogP contribution in [0.1, 0.15) is 31.4 Å². The molecule has 0 saturated heterocycles. The second-order valence-corrected chi connectivity index (χ2v) is 12.4. The lowest BCUT2D eigenvalue weighted by molar-refractivity contribution is -0.116. The van der Waals surface area contributed by atoms with Crippen molar-refractivity contribution in [2.75, 3.05) is 17.6 Å². The van der Waals surface area contributed by atoms with E-state index >= 15 is 0 Å². The van der Waals surface area contributed by atoms with Gasteiger partial charge in [-0.05, 0) is 54.1 Å². The average Bonchev–Trinajstić information content (AvgIpc) is 3.33. The summed E-state index contributed by atoms with van der Waals surface area (Å²) < 4.78 is 14.7. The van der Waals surface area contributed by atoms with E-state index in [1.165, 1.54) is 0 Å². The molecule has 1 N–H and O–H groups in total. The van der Waals surface area contributed by atoms with Crippen LogP contribution in [0.5, 0.6) is 0 Å². The first-order chi connectivity index (χ1) is 17.0. The Labute approximate surface area is 207 Å². The SMILES string of the molecule is CCP(=O)(CC)Cc1ccc(NC(=O)CCc2cnn(-c3ccccc3)c2-c2ccccc2)cc1. The zero-order chi connectivity index (χ0) is 24.7. The van der Waals surface area contributed by atoms with Crippen molar-refractivity contribution in [2.24, 2.45) is 0 Å². The first-order valence-corrected chi connectivity index (χ1v) is 14.4. The van der Waals surface area contributed by atoms with Crippen molar-refractivity contribution >= 4 is 18.7 Å². The second-order valence-electron chi connectivity index (χ2n) is 8.73. The molecule has 0 atom stereocenters. The fourth-order valence-electron chi connectivity index (χ4n) is 4.18. The van der Waals surface area contributed by atoms with Gasteiger partial charge in [-0.3, -0.25) is 4.79 Å². The number of amides is 1. The highest BCUT2D eigenvalue weighted by molar-refractivity contribution is 7.63. The van der Waals surface area contributed by atoms with E-state index in [0.717, 1.165) is 33.8 Å². The predicted octanol–water partition coefficient (Wildman–Crippen LogP) is 7.01. The molecule has 1 amide bonds. The molecule has 0 spiro atoms. The molecule has 4 aromatic rings. The van der Waals surface area contributed by atoms with Crippen molar-refractivity contribution in [2.45, 2.75) is 32.9 Å². The van der Waals surface area contributed by atoms with Gasteiger partial charge in [0, 0.05) is 23.8 Å². The lowest BCUT2D eigenvalue weighted by Gasteiger charge is -2.14. The number of carbonyl (C=O) groups is 1. The lowest BCUT2D eigenvalue weighted by Crippen LogP contribution is -2.12. The molecule has 3 aromatic carbocycles. The summed E-state index contributed by atoms with van der Waals surface area (Å²) in [4.78, 5) is 12.7. The number of rotatable bonds is 10. The number of hydrogen-bond acceptors (Lipinski definition) is 3. The van der Waals surface area contributed by atoms with Gasteiger partial charge in [-0.1, -0.05) is 74.5 Å². The van der Waals surface area contributed by atoms with Crippen LogP contribution < -0.4 is 5.32 Å². The van der Waals surface area contributed by atoms with Crippen LogP contribution in [-0.4, -0.2) is 28.0 Å². The molecule has 35 heavy (non-hydrogen) atoms. The highest BCUT2D eigenvalue weighted by atomic mass is 31.2.